The summed E-state index contributed by atoms with van der Waals surface area (Å²) in [7, 11) is 1.64. The van der Waals surface area contributed by atoms with Gasteiger partial charge in [0.15, 0.2) is 5.82 Å². The normalized spacial score (nSPS) is 14.9. The van der Waals surface area contributed by atoms with Gasteiger partial charge in [0.25, 0.3) is 5.56 Å². The Morgan fingerprint density at radius 1 is 1.07 bits per heavy atom. The van der Waals surface area contributed by atoms with Crippen LogP contribution >= 0.6 is 0 Å². The van der Waals surface area contributed by atoms with Crippen LogP contribution in [0.3, 0.4) is 0 Å². The number of methoxy groups -OCH3 is 1. The molecule has 0 saturated carbocycles. The lowest BCUT2D eigenvalue weighted by molar-refractivity contribution is 0.177. The molecule has 0 atom stereocenters. The van der Waals surface area contributed by atoms with Crippen LogP contribution in [0.5, 0.6) is 0 Å². The number of piperidine rings is 1. The molecule has 0 amide bonds. The molecule has 1 aliphatic rings. The summed E-state index contributed by atoms with van der Waals surface area (Å²) >= 11 is 0. The van der Waals surface area contributed by atoms with E-state index < -0.39 is 0 Å². The van der Waals surface area contributed by atoms with Crippen molar-refractivity contribution in [2.24, 2.45) is 5.92 Å². The number of pyridine rings is 1. The molecule has 1 aliphatic heterocycles. The van der Waals surface area contributed by atoms with Crippen LogP contribution in [0.2, 0.25) is 0 Å². The number of hydrogen-bond acceptors (Lipinski definition) is 7. The van der Waals surface area contributed by atoms with Gasteiger partial charge in [-0.25, -0.2) is 14.6 Å². The van der Waals surface area contributed by atoms with Crippen molar-refractivity contribution in [2.75, 3.05) is 25.1 Å². The van der Waals surface area contributed by atoms with E-state index >= 15 is 0 Å². The zero-order valence-electron chi connectivity index (χ0n) is 16.4. The zero-order valence-corrected chi connectivity index (χ0v) is 16.4. The Morgan fingerprint density at radius 2 is 1.86 bits per heavy atom. The fourth-order valence-electron chi connectivity index (χ4n) is 3.61. The molecule has 8 nitrogen and oxygen atoms in total. The smallest absolute Gasteiger partial charge is 0.266 e. The van der Waals surface area contributed by atoms with Crippen LogP contribution in [0.4, 0.5) is 5.82 Å². The predicted molar refractivity (Wildman–Crippen MR) is 109 cm³/mol. The number of anilines is 1. The first-order chi connectivity index (χ1) is 14.2. The van der Waals surface area contributed by atoms with E-state index in [4.69, 9.17) is 4.74 Å². The van der Waals surface area contributed by atoms with Crippen molar-refractivity contribution >= 4 is 5.82 Å². The molecule has 0 spiro atoms. The molecular formula is C21H24N6O2. The highest BCUT2D eigenvalue weighted by atomic mass is 16.5. The van der Waals surface area contributed by atoms with Gasteiger partial charge in [0, 0.05) is 57.0 Å². The van der Waals surface area contributed by atoms with Gasteiger partial charge in [0.1, 0.15) is 12.4 Å². The van der Waals surface area contributed by atoms with Gasteiger partial charge >= 0.3 is 0 Å². The molecule has 0 aliphatic carbocycles. The number of aromatic nitrogens is 5. The first-order valence-corrected chi connectivity index (χ1v) is 9.77. The molecule has 29 heavy (non-hydrogen) atoms. The van der Waals surface area contributed by atoms with E-state index in [-0.39, 0.29) is 5.56 Å². The van der Waals surface area contributed by atoms with Crippen molar-refractivity contribution in [1.29, 1.82) is 0 Å². The molecule has 4 heterocycles. The fourth-order valence-corrected chi connectivity index (χ4v) is 3.61. The van der Waals surface area contributed by atoms with Gasteiger partial charge in [-0.3, -0.25) is 9.78 Å². The van der Waals surface area contributed by atoms with Gasteiger partial charge in [-0.05, 0) is 43.0 Å². The molecule has 0 unspecified atom stereocenters. The highest BCUT2D eigenvalue weighted by molar-refractivity contribution is 5.57. The largest absolute Gasteiger partial charge is 0.377 e. The minimum absolute atomic E-state index is 0.0646. The van der Waals surface area contributed by atoms with Gasteiger partial charge in [0.05, 0.1) is 5.69 Å². The summed E-state index contributed by atoms with van der Waals surface area (Å²) < 4.78 is 6.71. The molecule has 3 aromatic heterocycles. The molecular weight excluding hydrogens is 368 g/mol. The lowest BCUT2D eigenvalue weighted by Crippen LogP contribution is -2.37. The third-order valence-electron chi connectivity index (χ3n) is 5.18. The van der Waals surface area contributed by atoms with Crippen LogP contribution in [0.1, 0.15) is 18.7 Å². The standard InChI is InChI=1S/C21H24N6O2/c1-29-15-19-23-11-6-20(24-19)26-12-7-16(8-13-26)14-27-21(28)3-2-18(25-27)17-4-9-22-10-5-17/h2-6,9-11,16H,7-8,12-15H2,1H3. The van der Waals surface area contributed by atoms with E-state index in [1.54, 1.807) is 42.5 Å². The first kappa shape index (κ1) is 19.2. The van der Waals surface area contributed by atoms with Gasteiger partial charge < -0.3 is 9.64 Å². The van der Waals surface area contributed by atoms with E-state index in [0.717, 1.165) is 43.0 Å². The summed E-state index contributed by atoms with van der Waals surface area (Å²) in [5.41, 5.74) is 1.68. The Kier molecular flexibility index (Phi) is 5.90. The van der Waals surface area contributed by atoms with E-state index in [9.17, 15) is 4.79 Å². The molecule has 4 rings (SSSR count). The Bertz CT molecular complexity index is 999. The first-order valence-electron chi connectivity index (χ1n) is 9.77. The number of rotatable bonds is 6. The minimum atomic E-state index is -0.0646. The Hall–Kier alpha value is -3.13. The average Bonchev–Trinajstić information content (AvgIpc) is 2.77. The number of nitrogens with zero attached hydrogens (tertiary/aromatic N) is 6. The highest BCUT2D eigenvalue weighted by Gasteiger charge is 2.21. The van der Waals surface area contributed by atoms with Crippen LogP contribution in [0.15, 0.2) is 53.7 Å². The Morgan fingerprint density at radius 3 is 2.62 bits per heavy atom. The van der Waals surface area contributed by atoms with Gasteiger partial charge in [-0.2, -0.15) is 5.10 Å². The second-order valence-electron chi connectivity index (χ2n) is 7.17. The molecule has 0 radical (unpaired) electrons. The van der Waals surface area contributed by atoms with Crippen molar-refractivity contribution in [3.63, 3.8) is 0 Å². The summed E-state index contributed by atoms with van der Waals surface area (Å²) in [5, 5.41) is 4.57. The maximum absolute atomic E-state index is 12.3. The lowest BCUT2D eigenvalue weighted by atomic mass is 9.97. The Labute approximate surface area is 169 Å². The summed E-state index contributed by atoms with van der Waals surface area (Å²) in [6.07, 6.45) is 7.20. The van der Waals surface area contributed by atoms with Crippen molar-refractivity contribution in [1.82, 2.24) is 24.7 Å². The van der Waals surface area contributed by atoms with Gasteiger partial charge in [0.2, 0.25) is 0 Å². The van der Waals surface area contributed by atoms with Crippen molar-refractivity contribution in [3.8, 4) is 11.3 Å². The number of hydrogen-bond donors (Lipinski definition) is 0. The highest BCUT2D eigenvalue weighted by Crippen LogP contribution is 2.23. The summed E-state index contributed by atoms with van der Waals surface area (Å²) in [6, 6.07) is 9.09. The van der Waals surface area contributed by atoms with E-state index in [1.165, 1.54) is 0 Å². The molecule has 3 aromatic rings. The van der Waals surface area contributed by atoms with Crippen LogP contribution < -0.4 is 10.5 Å². The minimum Gasteiger partial charge on any atom is -0.377 e. The van der Waals surface area contributed by atoms with Gasteiger partial charge in [-0.15, -0.1) is 0 Å². The zero-order chi connectivity index (χ0) is 20.1. The maximum atomic E-state index is 12.3. The molecule has 150 valence electrons. The molecule has 0 bridgehead atoms. The molecule has 1 saturated heterocycles. The van der Waals surface area contributed by atoms with Crippen LogP contribution in [-0.4, -0.2) is 44.9 Å². The van der Waals surface area contributed by atoms with E-state index in [2.05, 4.69) is 25.0 Å². The average molecular weight is 392 g/mol. The molecule has 0 aromatic carbocycles. The van der Waals surface area contributed by atoms with Crippen LogP contribution in [-0.2, 0) is 17.9 Å². The van der Waals surface area contributed by atoms with Crippen molar-refractivity contribution < 1.29 is 4.74 Å². The SMILES string of the molecule is COCc1nccc(N2CCC(Cn3nc(-c4ccncc4)ccc3=O)CC2)n1. The van der Waals surface area contributed by atoms with Crippen molar-refractivity contribution in [3.05, 3.63) is 65.1 Å². The van der Waals surface area contributed by atoms with Crippen LogP contribution in [0, 0.1) is 5.92 Å². The van der Waals surface area contributed by atoms with Crippen molar-refractivity contribution in [2.45, 2.75) is 26.0 Å². The predicted octanol–water partition coefficient (Wildman–Crippen LogP) is 2.16. The summed E-state index contributed by atoms with van der Waals surface area (Å²) in [4.78, 5) is 27.4. The molecule has 8 heteroatoms. The topological polar surface area (TPSA) is 86.0 Å². The van der Waals surface area contributed by atoms with E-state index in [0.29, 0.717) is 24.9 Å². The third-order valence-corrected chi connectivity index (χ3v) is 5.18. The second-order valence-corrected chi connectivity index (χ2v) is 7.17. The Balaban J connectivity index is 1.41. The van der Waals surface area contributed by atoms with E-state index in [1.807, 2.05) is 18.2 Å². The maximum Gasteiger partial charge on any atom is 0.266 e. The summed E-state index contributed by atoms with van der Waals surface area (Å²) in [6.45, 7) is 2.83. The second kappa shape index (κ2) is 8.91. The summed E-state index contributed by atoms with van der Waals surface area (Å²) in [5.74, 6) is 2.03. The molecule has 0 N–H and O–H groups in total. The van der Waals surface area contributed by atoms with Crippen LogP contribution in [0.25, 0.3) is 11.3 Å². The van der Waals surface area contributed by atoms with Gasteiger partial charge in [-0.1, -0.05) is 0 Å². The monoisotopic (exact) mass is 392 g/mol. The molecule has 1 fully saturated rings. The fraction of sp³-hybridized carbons (Fsp3) is 0.381. The lowest BCUT2D eigenvalue weighted by Gasteiger charge is -2.32. The number of ether oxygens (including phenoxy) is 1. The third kappa shape index (κ3) is 4.65. The quantitative estimate of drug-likeness (QED) is 0.635.